The lowest BCUT2D eigenvalue weighted by molar-refractivity contribution is -0.161. The van der Waals surface area contributed by atoms with Gasteiger partial charge in [0, 0.05) is 19.4 Å². The highest BCUT2D eigenvalue weighted by Gasteiger charge is 2.26. The molecule has 0 aromatic carbocycles. The molecule has 0 aliphatic rings. The maximum absolute atomic E-state index is 12.7. The van der Waals surface area contributed by atoms with Crippen LogP contribution in [0.2, 0.25) is 0 Å². The van der Waals surface area contributed by atoms with E-state index >= 15 is 0 Å². The SMILES string of the molecule is CC/C=C\C/C=C\C/C=C\C/C=C\C/C=C\C/C=C\C/C=C\C/C=C\CCCCC(=O)OC(COC(=O)CCCCCCCCCCC/C=C\C/C=C\C/C=C\C/C=C\C/C=C\CC)COP(=O)(O)OCCN. The number of allylic oxidation sites excluding steroid dienone is 26. The summed E-state index contributed by atoms with van der Waals surface area (Å²) in [5.74, 6) is -0.901. The van der Waals surface area contributed by atoms with Crippen LogP contribution in [-0.4, -0.2) is 49.3 Å². The number of rotatable bonds is 50. The van der Waals surface area contributed by atoms with Crippen molar-refractivity contribution >= 4 is 19.8 Å². The quantitative estimate of drug-likeness (QED) is 0.0264. The fourth-order valence-corrected chi connectivity index (χ4v) is 7.62. The molecule has 0 aliphatic heterocycles. The van der Waals surface area contributed by atoms with E-state index in [1.54, 1.807) is 0 Å². The van der Waals surface area contributed by atoms with Gasteiger partial charge in [-0.05, 0) is 122 Å². The lowest BCUT2D eigenvalue weighted by atomic mass is 10.1. The Balaban J connectivity index is 4.17. The molecular formula is C63H100NO8P. The van der Waals surface area contributed by atoms with Crippen LogP contribution in [0.4, 0.5) is 0 Å². The summed E-state index contributed by atoms with van der Waals surface area (Å²) in [6, 6.07) is 0. The number of phosphoric acid groups is 1. The van der Waals surface area contributed by atoms with E-state index in [0.717, 1.165) is 122 Å². The molecule has 73 heavy (non-hydrogen) atoms. The Morgan fingerprint density at radius 2 is 0.712 bits per heavy atom. The van der Waals surface area contributed by atoms with Crippen molar-refractivity contribution < 1.29 is 37.6 Å². The summed E-state index contributed by atoms with van der Waals surface area (Å²) >= 11 is 0. The Morgan fingerprint density at radius 3 is 1.08 bits per heavy atom. The van der Waals surface area contributed by atoms with E-state index in [4.69, 9.17) is 24.3 Å². The monoisotopic (exact) mass is 1030 g/mol. The zero-order chi connectivity index (χ0) is 53.1. The van der Waals surface area contributed by atoms with Gasteiger partial charge in [-0.25, -0.2) is 4.57 Å². The second kappa shape index (κ2) is 56.9. The summed E-state index contributed by atoms with van der Waals surface area (Å²) < 4.78 is 33.0. The number of unbranched alkanes of at least 4 members (excludes halogenated alkanes) is 11. The molecule has 10 heteroatoms. The Bertz CT molecular complexity index is 1740. The van der Waals surface area contributed by atoms with Crippen LogP contribution in [0, 0.1) is 0 Å². The minimum absolute atomic E-state index is 0.0356. The molecule has 0 aromatic rings. The Morgan fingerprint density at radius 1 is 0.411 bits per heavy atom. The molecule has 410 valence electrons. The minimum Gasteiger partial charge on any atom is -0.462 e. The third kappa shape index (κ3) is 56.8. The van der Waals surface area contributed by atoms with Crippen LogP contribution < -0.4 is 5.73 Å². The largest absolute Gasteiger partial charge is 0.472 e. The highest BCUT2D eigenvalue weighted by atomic mass is 31.2. The summed E-state index contributed by atoms with van der Waals surface area (Å²) in [5, 5.41) is 0. The molecule has 9 nitrogen and oxygen atoms in total. The van der Waals surface area contributed by atoms with Crippen molar-refractivity contribution in [3.8, 4) is 0 Å². The van der Waals surface area contributed by atoms with Crippen molar-refractivity contribution in [2.45, 2.75) is 200 Å². The fraction of sp³-hybridized carbons (Fsp3) is 0.556. The van der Waals surface area contributed by atoms with Gasteiger partial charge < -0.3 is 20.1 Å². The number of hydrogen-bond acceptors (Lipinski definition) is 8. The van der Waals surface area contributed by atoms with Crippen molar-refractivity contribution in [3.63, 3.8) is 0 Å². The number of hydrogen-bond donors (Lipinski definition) is 2. The average Bonchev–Trinajstić information content (AvgIpc) is 3.38. The van der Waals surface area contributed by atoms with E-state index < -0.39 is 32.5 Å². The molecular weight excluding hydrogens is 930 g/mol. The third-order valence-electron chi connectivity index (χ3n) is 10.9. The number of phosphoric ester groups is 1. The maximum atomic E-state index is 12.7. The van der Waals surface area contributed by atoms with Crippen LogP contribution in [0.25, 0.3) is 0 Å². The van der Waals surface area contributed by atoms with Crippen LogP contribution in [-0.2, 0) is 32.7 Å². The Kier molecular flexibility index (Phi) is 53.5. The molecule has 0 spiro atoms. The molecule has 0 radical (unpaired) electrons. The highest BCUT2D eigenvalue weighted by Crippen LogP contribution is 2.43. The van der Waals surface area contributed by atoms with Gasteiger partial charge in [-0.15, -0.1) is 0 Å². The molecule has 0 saturated heterocycles. The summed E-state index contributed by atoms with van der Waals surface area (Å²) in [7, 11) is -4.41. The molecule has 0 aromatic heterocycles. The molecule has 0 amide bonds. The molecule has 0 heterocycles. The predicted octanol–water partition coefficient (Wildman–Crippen LogP) is 17.7. The van der Waals surface area contributed by atoms with Gasteiger partial charge in [0.05, 0.1) is 13.2 Å². The number of nitrogens with two attached hydrogens (primary N) is 1. The third-order valence-corrected chi connectivity index (χ3v) is 11.9. The van der Waals surface area contributed by atoms with E-state index in [0.29, 0.717) is 12.8 Å². The van der Waals surface area contributed by atoms with Gasteiger partial charge in [-0.2, -0.15) is 0 Å². The zero-order valence-corrected chi connectivity index (χ0v) is 46.4. The first-order valence-corrected chi connectivity index (χ1v) is 29.5. The topological polar surface area (TPSA) is 134 Å². The van der Waals surface area contributed by atoms with E-state index in [1.807, 2.05) is 0 Å². The smallest absolute Gasteiger partial charge is 0.462 e. The van der Waals surface area contributed by atoms with E-state index in [9.17, 15) is 19.0 Å². The normalized spacial score (nSPS) is 14.3. The van der Waals surface area contributed by atoms with Crippen molar-refractivity contribution in [3.05, 3.63) is 158 Å². The number of esters is 2. The average molecular weight is 1030 g/mol. The number of ether oxygens (including phenoxy) is 2. The summed E-state index contributed by atoms with van der Waals surface area (Å²) in [5.41, 5.74) is 5.37. The van der Waals surface area contributed by atoms with Gasteiger partial charge in [-0.3, -0.25) is 18.6 Å². The van der Waals surface area contributed by atoms with E-state index in [-0.39, 0.29) is 32.6 Å². The molecule has 0 aliphatic carbocycles. The summed E-state index contributed by atoms with van der Waals surface area (Å²) in [6.45, 7) is 3.43. The highest BCUT2D eigenvalue weighted by molar-refractivity contribution is 7.47. The first kappa shape index (κ1) is 68.6. The van der Waals surface area contributed by atoms with Crippen LogP contribution in [0.5, 0.6) is 0 Å². The molecule has 2 atom stereocenters. The molecule has 0 fully saturated rings. The maximum Gasteiger partial charge on any atom is 0.472 e. The first-order valence-electron chi connectivity index (χ1n) is 28.0. The summed E-state index contributed by atoms with van der Waals surface area (Å²) in [6.07, 6.45) is 82.9. The van der Waals surface area contributed by atoms with Gasteiger partial charge in [0.15, 0.2) is 6.10 Å². The Hall–Kier alpha value is -4.37. The van der Waals surface area contributed by atoms with Crippen LogP contribution in [0.1, 0.15) is 194 Å². The van der Waals surface area contributed by atoms with Crippen LogP contribution in [0.15, 0.2) is 158 Å². The van der Waals surface area contributed by atoms with Crippen molar-refractivity contribution in [1.29, 1.82) is 0 Å². The van der Waals surface area contributed by atoms with Crippen molar-refractivity contribution in [2.24, 2.45) is 5.73 Å². The second-order valence-electron chi connectivity index (χ2n) is 17.7. The first-order chi connectivity index (χ1) is 35.8. The summed E-state index contributed by atoms with van der Waals surface area (Å²) in [4.78, 5) is 35.2. The fourth-order valence-electron chi connectivity index (χ4n) is 6.85. The van der Waals surface area contributed by atoms with Gasteiger partial charge in [0.1, 0.15) is 6.61 Å². The van der Waals surface area contributed by atoms with Crippen molar-refractivity contribution in [1.82, 2.24) is 0 Å². The standard InChI is InChI=1S/C63H100NO8P/c1-3-5-7-9-11-13-15-17-19-21-23-25-27-29-30-32-34-36-38-40-42-44-46-48-50-52-54-56-63(66)72-61(60-71-73(67,68)70-58-57-64)59-69-62(65)55-53-51-49-47-45-43-41-39-37-35-33-31-28-26-24-22-20-18-16-14-12-10-8-6-4-2/h5-8,11-14,17-20,23-26,29-31,33-34,36,40,42,46,48,61H,3-4,9-10,15-16,21-22,27-28,32,35,37-39,41,43-45,47,49-60,64H2,1-2H3,(H,67,68)/b7-5-,8-6-,13-11-,14-12-,19-17-,20-18-,25-23-,26-24-,30-29-,33-31-,36-34-,42-40-,48-46-. The van der Waals surface area contributed by atoms with Gasteiger partial charge >= 0.3 is 19.8 Å². The number of carbonyl (C=O) groups is 2. The lowest BCUT2D eigenvalue weighted by Crippen LogP contribution is -2.29. The molecule has 0 saturated carbocycles. The van der Waals surface area contributed by atoms with Gasteiger partial charge in [0.2, 0.25) is 0 Å². The lowest BCUT2D eigenvalue weighted by Gasteiger charge is -2.19. The van der Waals surface area contributed by atoms with Crippen LogP contribution >= 0.6 is 7.82 Å². The van der Waals surface area contributed by atoms with Gasteiger partial charge in [0.25, 0.3) is 0 Å². The molecule has 2 unspecified atom stereocenters. The molecule has 0 rings (SSSR count). The Labute approximate surface area is 445 Å². The molecule has 3 N–H and O–H groups in total. The predicted molar refractivity (Wildman–Crippen MR) is 311 cm³/mol. The van der Waals surface area contributed by atoms with Crippen molar-refractivity contribution in [2.75, 3.05) is 26.4 Å². The molecule has 0 bridgehead atoms. The van der Waals surface area contributed by atoms with Gasteiger partial charge in [-0.1, -0.05) is 217 Å². The number of carbonyl (C=O) groups excluding carboxylic acids is 2. The van der Waals surface area contributed by atoms with Crippen LogP contribution in [0.3, 0.4) is 0 Å². The minimum atomic E-state index is -4.41. The second-order valence-corrected chi connectivity index (χ2v) is 19.1. The zero-order valence-electron chi connectivity index (χ0n) is 45.5. The van der Waals surface area contributed by atoms with E-state index in [2.05, 4.69) is 172 Å². The van der Waals surface area contributed by atoms with E-state index in [1.165, 1.54) is 32.1 Å².